The molecule has 4 nitrogen and oxygen atoms in total. The number of carbonyl (C=O) groups excluding carboxylic acids is 1. The van der Waals surface area contributed by atoms with Crippen LogP contribution in [0.15, 0.2) is 18.3 Å². The molecule has 0 aliphatic carbocycles. The zero-order valence-electron chi connectivity index (χ0n) is 11.2. The third-order valence-electron chi connectivity index (χ3n) is 3.24. The molecule has 1 fully saturated rings. The van der Waals surface area contributed by atoms with Crippen molar-refractivity contribution in [1.29, 1.82) is 5.26 Å². The second-order valence-electron chi connectivity index (χ2n) is 5.19. The maximum Gasteiger partial charge on any atom is 0.272 e. The van der Waals surface area contributed by atoms with Crippen molar-refractivity contribution >= 4 is 17.7 Å². The predicted octanol–water partition coefficient (Wildman–Crippen LogP) is 2.31. The van der Waals surface area contributed by atoms with Gasteiger partial charge in [0.2, 0.25) is 0 Å². The summed E-state index contributed by atoms with van der Waals surface area (Å²) >= 11 is 1.91. The fourth-order valence-corrected chi connectivity index (χ4v) is 3.07. The van der Waals surface area contributed by atoms with Crippen LogP contribution >= 0.6 is 11.8 Å². The van der Waals surface area contributed by atoms with Gasteiger partial charge in [0.15, 0.2) is 0 Å². The Kier molecular flexibility index (Phi) is 4.11. The highest BCUT2D eigenvalue weighted by Gasteiger charge is 2.26. The Morgan fingerprint density at radius 2 is 2.26 bits per heavy atom. The van der Waals surface area contributed by atoms with E-state index in [-0.39, 0.29) is 10.7 Å². The zero-order valence-corrected chi connectivity index (χ0v) is 12.0. The molecule has 0 unspecified atom stereocenters. The Balaban J connectivity index is 2.08. The molecule has 0 saturated carbocycles. The van der Waals surface area contributed by atoms with Gasteiger partial charge in [0.1, 0.15) is 11.8 Å². The average molecular weight is 275 g/mol. The molecule has 2 heterocycles. The molecule has 1 aromatic heterocycles. The van der Waals surface area contributed by atoms with Gasteiger partial charge in [0, 0.05) is 29.8 Å². The molecule has 0 radical (unpaired) electrons. The second-order valence-corrected chi connectivity index (χ2v) is 7.00. The Morgan fingerprint density at radius 3 is 2.89 bits per heavy atom. The van der Waals surface area contributed by atoms with Crippen LogP contribution in [0.4, 0.5) is 0 Å². The first-order chi connectivity index (χ1) is 9.02. The standard InChI is InChI=1S/C14H17N3OS/c1-14(2)5-6-17(7-8-19-14)13(18)12-4-3-11(9-15)10-16-12/h3-4,10H,5-8H2,1-2H3. The topological polar surface area (TPSA) is 57.0 Å². The first-order valence-electron chi connectivity index (χ1n) is 6.31. The van der Waals surface area contributed by atoms with E-state index < -0.39 is 0 Å². The number of hydrogen-bond acceptors (Lipinski definition) is 4. The summed E-state index contributed by atoms with van der Waals surface area (Å²) in [7, 11) is 0. The lowest BCUT2D eigenvalue weighted by molar-refractivity contribution is 0.0758. The van der Waals surface area contributed by atoms with Gasteiger partial charge < -0.3 is 4.90 Å². The van der Waals surface area contributed by atoms with Crippen molar-refractivity contribution in [2.75, 3.05) is 18.8 Å². The van der Waals surface area contributed by atoms with E-state index in [0.717, 1.165) is 25.3 Å². The number of rotatable bonds is 1. The largest absolute Gasteiger partial charge is 0.336 e. The van der Waals surface area contributed by atoms with Crippen molar-refractivity contribution in [3.63, 3.8) is 0 Å². The van der Waals surface area contributed by atoms with Gasteiger partial charge in [0.25, 0.3) is 5.91 Å². The third kappa shape index (κ3) is 3.48. The van der Waals surface area contributed by atoms with Crippen LogP contribution in [0.5, 0.6) is 0 Å². The molecule has 0 bridgehead atoms. The lowest BCUT2D eigenvalue weighted by atomic mass is 10.1. The molecule has 2 rings (SSSR count). The monoisotopic (exact) mass is 275 g/mol. The second kappa shape index (κ2) is 5.62. The lowest BCUT2D eigenvalue weighted by Gasteiger charge is -2.22. The van der Waals surface area contributed by atoms with Crippen LogP contribution in [0, 0.1) is 11.3 Å². The molecule has 5 heteroatoms. The minimum atomic E-state index is -0.0391. The van der Waals surface area contributed by atoms with Crippen LogP contribution in [0.25, 0.3) is 0 Å². The first-order valence-corrected chi connectivity index (χ1v) is 7.30. The van der Waals surface area contributed by atoms with Gasteiger partial charge in [-0.05, 0) is 18.6 Å². The Hall–Kier alpha value is -1.54. The molecule has 1 aliphatic heterocycles. The summed E-state index contributed by atoms with van der Waals surface area (Å²) in [5.74, 6) is 0.914. The highest BCUT2D eigenvalue weighted by molar-refractivity contribution is 8.00. The number of nitrogens with zero attached hydrogens (tertiary/aromatic N) is 3. The lowest BCUT2D eigenvalue weighted by Crippen LogP contribution is -2.34. The maximum absolute atomic E-state index is 12.3. The fraction of sp³-hybridized carbons (Fsp3) is 0.500. The van der Waals surface area contributed by atoms with Gasteiger partial charge in [-0.25, -0.2) is 4.98 Å². The number of thioether (sulfide) groups is 1. The molecule has 0 aromatic carbocycles. The predicted molar refractivity (Wildman–Crippen MR) is 76.0 cm³/mol. The molecule has 1 aliphatic rings. The summed E-state index contributed by atoms with van der Waals surface area (Å²) in [6.07, 6.45) is 2.43. The van der Waals surface area contributed by atoms with Crippen molar-refractivity contribution < 1.29 is 4.79 Å². The highest BCUT2D eigenvalue weighted by atomic mass is 32.2. The molecule has 1 amide bonds. The summed E-state index contributed by atoms with van der Waals surface area (Å²) in [6.45, 7) is 5.95. The van der Waals surface area contributed by atoms with E-state index in [1.807, 2.05) is 22.7 Å². The number of pyridine rings is 1. The average Bonchev–Trinajstić information content (AvgIpc) is 2.59. The van der Waals surface area contributed by atoms with E-state index in [0.29, 0.717) is 11.3 Å². The summed E-state index contributed by atoms with van der Waals surface area (Å²) in [6, 6.07) is 5.27. The van der Waals surface area contributed by atoms with Crippen LogP contribution in [0.2, 0.25) is 0 Å². The van der Waals surface area contributed by atoms with Crippen LogP contribution in [-0.2, 0) is 0 Å². The molecule has 0 N–H and O–H groups in total. The van der Waals surface area contributed by atoms with Crippen LogP contribution in [0.3, 0.4) is 0 Å². The van der Waals surface area contributed by atoms with Gasteiger partial charge in [-0.15, -0.1) is 0 Å². The molecule has 1 saturated heterocycles. The van der Waals surface area contributed by atoms with Crippen LogP contribution in [-0.4, -0.2) is 39.4 Å². The summed E-state index contributed by atoms with van der Waals surface area (Å²) in [4.78, 5) is 18.3. The number of amides is 1. The quantitative estimate of drug-likeness (QED) is 0.789. The van der Waals surface area contributed by atoms with E-state index in [9.17, 15) is 4.79 Å². The summed E-state index contributed by atoms with van der Waals surface area (Å²) < 4.78 is 0.229. The van der Waals surface area contributed by atoms with E-state index in [1.54, 1.807) is 12.1 Å². The molecule has 1 aromatic rings. The van der Waals surface area contributed by atoms with Gasteiger partial charge in [-0.3, -0.25) is 4.79 Å². The Bertz CT molecular complexity index is 504. The van der Waals surface area contributed by atoms with E-state index in [4.69, 9.17) is 5.26 Å². The Labute approximate surface area is 117 Å². The minimum Gasteiger partial charge on any atom is -0.336 e. The number of hydrogen-bond donors (Lipinski definition) is 0. The molecule has 0 spiro atoms. The minimum absolute atomic E-state index is 0.0391. The van der Waals surface area contributed by atoms with Crippen LogP contribution in [0.1, 0.15) is 36.3 Å². The molecular weight excluding hydrogens is 258 g/mol. The van der Waals surface area contributed by atoms with Crippen LogP contribution < -0.4 is 0 Å². The normalized spacial score (nSPS) is 18.5. The molecule has 19 heavy (non-hydrogen) atoms. The van der Waals surface area contributed by atoms with Crippen molar-refractivity contribution in [1.82, 2.24) is 9.88 Å². The van der Waals surface area contributed by atoms with E-state index >= 15 is 0 Å². The fourth-order valence-electron chi connectivity index (χ4n) is 1.97. The van der Waals surface area contributed by atoms with Crippen molar-refractivity contribution in [3.8, 4) is 6.07 Å². The molecular formula is C14H17N3OS. The smallest absolute Gasteiger partial charge is 0.272 e. The van der Waals surface area contributed by atoms with Crippen molar-refractivity contribution in [2.45, 2.75) is 25.0 Å². The number of nitriles is 1. The third-order valence-corrected chi connectivity index (χ3v) is 4.61. The van der Waals surface area contributed by atoms with Gasteiger partial charge in [-0.2, -0.15) is 17.0 Å². The summed E-state index contributed by atoms with van der Waals surface area (Å²) in [5, 5.41) is 8.72. The summed E-state index contributed by atoms with van der Waals surface area (Å²) in [5.41, 5.74) is 0.896. The maximum atomic E-state index is 12.3. The Morgan fingerprint density at radius 1 is 1.47 bits per heavy atom. The first kappa shape index (κ1) is 13.9. The van der Waals surface area contributed by atoms with Gasteiger partial charge in [0.05, 0.1) is 5.56 Å². The van der Waals surface area contributed by atoms with Crippen molar-refractivity contribution in [3.05, 3.63) is 29.6 Å². The number of carbonyl (C=O) groups is 1. The van der Waals surface area contributed by atoms with E-state index in [1.165, 1.54) is 6.20 Å². The SMILES string of the molecule is CC1(C)CCN(C(=O)c2ccc(C#N)cn2)CCS1. The molecule has 100 valence electrons. The van der Waals surface area contributed by atoms with Crippen molar-refractivity contribution in [2.24, 2.45) is 0 Å². The molecule has 0 atom stereocenters. The van der Waals surface area contributed by atoms with Gasteiger partial charge >= 0.3 is 0 Å². The highest BCUT2D eigenvalue weighted by Crippen LogP contribution is 2.30. The number of aromatic nitrogens is 1. The van der Waals surface area contributed by atoms with E-state index in [2.05, 4.69) is 18.8 Å². The zero-order chi connectivity index (χ0) is 13.9. The van der Waals surface area contributed by atoms with Gasteiger partial charge in [-0.1, -0.05) is 13.8 Å².